The Kier molecular flexibility index (Phi) is 8.02. The van der Waals surface area contributed by atoms with E-state index in [1.165, 1.54) is 18.5 Å². The fourth-order valence-corrected chi connectivity index (χ4v) is 4.40. The second-order valence-corrected chi connectivity index (χ2v) is 8.90. The summed E-state index contributed by atoms with van der Waals surface area (Å²) < 4.78 is 11.7. The largest absolute Gasteiger partial charge is 0.457 e. The molecule has 0 bridgehead atoms. The Bertz CT molecular complexity index is 870. The van der Waals surface area contributed by atoms with Crippen LogP contribution in [0.1, 0.15) is 30.4 Å². The molecule has 2 aliphatic heterocycles. The Morgan fingerprint density at radius 2 is 1.88 bits per heavy atom. The number of nitrogens with zero attached hydrogens (tertiary/aromatic N) is 2. The molecule has 0 spiro atoms. The van der Waals surface area contributed by atoms with Gasteiger partial charge in [0.15, 0.2) is 5.96 Å². The van der Waals surface area contributed by atoms with Crippen molar-refractivity contribution in [1.29, 1.82) is 0 Å². The zero-order valence-electron chi connectivity index (χ0n) is 19.3. The second-order valence-electron chi connectivity index (χ2n) is 8.90. The first-order valence-electron chi connectivity index (χ1n) is 11.8. The molecular formula is C26H36N4O2. The van der Waals surface area contributed by atoms with E-state index >= 15 is 0 Å². The molecule has 172 valence electrons. The highest BCUT2D eigenvalue weighted by molar-refractivity contribution is 5.80. The number of aliphatic imine (C=N–C) groups is 1. The van der Waals surface area contributed by atoms with Crippen LogP contribution in [0.25, 0.3) is 0 Å². The Balaban J connectivity index is 1.25. The van der Waals surface area contributed by atoms with E-state index in [-0.39, 0.29) is 0 Å². The topological polar surface area (TPSA) is 58.1 Å². The standard InChI is InChI=1S/C26H36N4O2/c1-20-7-9-24(10-8-20)32-25-6-4-3-5-22(25)17-28-26(27-2)29-23-11-14-30(15-12-23)18-21-13-16-31-19-21/h3-10,21,23H,11-19H2,1-2H3,(H2,27,28,29). The van der Waals surface area contributed by atoms with Gasteiger partial charge in [-0.1, -0.05) is 35.9 Å². The number of nitrogens with one attached hydrogen (secondary N) is 2. The zero-order chi connectivity index (χ0) is 22.2. The Morgan fingerprint density at radius 1 is 1.09 bits per heavy atom. The molecule has 1 unspecified atom stereocenters. The maximum Gasteiger partial charge on any atom is 0.191 e. The summed E-state index contributed by atoms with van der Waals surface area (Å²) in [7, 11) is 1.83. The van der Waals surface area contributed by atoms with Gasteiger partial charge in [-0.2, -0.15) is 0 Å². The lowest BCUT2D eigenvalue weighted by atomic mass is 10.0. The Labute approximate surface area is 192 Å². The quantitative estimate of drug-likeness (QED) is 0.508. The van der Waals surface area contributed by atoms with Crippen LogP contribution in [0.2, 0.25) is 0 Å². The van der Waals surface area contributed by atoms with Crippen LogP contribution in [-0.4, -0.2) is 56.8 Å². The first-order valence-corrected chi connectivity index (χ1v) is 11.8. The van der Waals surface area contributed by atoms with Crippen LogP contribution in [-0.2, 0) is 11.3 Å². The van der Waals surface area contributed by atoms with E-state index in [0.29, 0.717) is 12.6 Å². The third kappa shape index (κ3) is 6.47. The van der Waals surface area contributed by atoms with Gasteiger partial charge in [-0.25, -0.2) is 0 Å². The third-order valence-corrected chi connectivity index (χ3v) is 6.36. The maximum absolute atomic E-state index is 6.13. The van der Waals surface area contributed by atoms with Crippen molar-refractivity contribution in [1.82, 2.24) is 15.5 Å². The zero-order valence-corrected chi connectivity index (χ0v) is 19.3. The van der Waals surface area contributed by atoms with Gasteiger partial charge >= 0.3 is 0 Å². The van der Waals surface area contributed by atoms with Crippen LogP contribution in [0, 0.1) is 12.8 Å². The second kappa shape index (κ2) is 11.3. The molecule has 2 aromatic carbocycles. The number of ether oxygens (including phenoxy) is 2. The van der Waals surface area contributed by atoms with Crippen LogP contribution in [0.5, 0.6) is 11.5 Å². The molecule has 0 saturated carbocycles. The van der Waals surface area contributed by atoms with Gasteiger partial charge in [0, 0.05) is 51.4 Å². The van der Waals surface area contributed by atoms with Crippen molar-refractivity contribution in [3.05, 3.63) is 59.7 Å². The number of para-hydroxylation sites is 1. The van der Waals surface area contributed by atoms with Gasteiger partial charge < -0.3 is 25.0 Å². The highest BCUT2D eigenvalue weighted by Gasteiger charge is 2.24. The van der Waals surface area contributed by atoms with E-state index in [4.69, 9.17) is 9.47 Å². The van der Waals surface area contributed by atoms with Crippen LogP contribution in [0.15, 0.2) is 53.5 Å². The van der Waals surface area contributed by atoms with Gasteiger partial charge in [-0.3, -0.25) is 4.99 Å². The molecule has 32 heavy (non-hydrogen) atoms. The molecule has 0 radical (unpaired) electrons. The maximum atomic E-state index is 6.13. The lowest BCUT2D eigenvalue weighted by molar-refractivity contribution is 0.150. The Morgan fingerprint density at radius 3 is 2.59 bits per heavy atom. The SMILES string of the molecule is CN=C(NCc1ccccc1Oc1ccc(C)cc1)NC1CCN(CC2CCOC2)CC1. The van der Waals surface area contributed by atoms with E-state index in [1.54, 1.807) is 0 Å². The summed E-state index contributed by atoms with van der Waals surface area (Å²) >= 11 is 0. The molecule has 1 atom stereocenters. The van der Waals surface area contributed by atoms with Crippen LogP contribution >= 0.6 is 0 Å². The molecule has 2 aromatic rings. The summed E-state index contributed by atoms with van der Waals surface area (Å²) in [6, 6.07) is 16.7. The average Bonchev–Trinajstić information content (AvgIpc) is 3.33. The van der Waals surface area contributed by atoms with Crippen molar-refractivity contribution in [3.8, 4) is 11.5 Å². The van der Waals surface area contributed by atoms with E-state index in [9.17, 15) is 0 Å². The molecule has 2 heterocycles. The molecule has 6 nitrogen and oxygen atoms in total. The lowest BCUT2D eigenvalue weighted by Gasteiger charge is -2.34. The lowest BCUT2D eigenvalue weighted by Crippen LogP contribution is -2.49. The highest BCUT2D eigenvalue weighted by atomic mass is 16.5. The van der Waals surface area contributed by atoms with E-state index in [2.05, 4.69) is 45.6 Å². The first kappa shape index (κ1) is 22.6. The number of benzene rings is 2. The Hall–Kier alpha value is -2.57. The van der Waals surface area contributed by atoms with Crippen molar-refractivity contribution in [2.45, 2.75) is 38.8 Å². The van der Waals surface area contributed by atoms with Gasteiger partial charge in [0.25, 0.3) is 0 Å². The summed E-state index contributed by atoms with van der Waals surface area (Å²) in [5.41, 5.74) is 2.32. The van der Waals surface area contributed by atoms with E-state index < -0.39 is 0 Å². The molecule has 0 aliphatic carbocycles. The number of hydrogen-bond donors (Lipinski definition) is 2. The minimum atomic E-state index is 0.455. The van der Waals surface area contributed by atoms with Gasteiger partial charge in [-0.15, -0.1) is 0 Å². The minimum absolute atomic E-state index is 0.455. The van der Waals surface area contributed by atoms with Gasteiger partial charge in [-0.05, 0) is 50.3 Å². The average molecular weight is 437 g/mol. The summed E-state index contributed by atoms with van der Waals surface area (Å²) in [5, 5.41) is 7.08. The normalized spacial score (nSPS) is 20.3. The number of guanidine groups is 1. The molecule has 0 aromatic heterocycles. The highest BCUT2D eigenvalue weighted by Crippen LogP contribution is 2.25. The van der Waals surface area contributed by atoms with Gasteiger partial charge in [0.1, 0.15) is 11.5 Å². The summed E-state index contributed by atoms with van der Waals surface area (Å²) in [4.78, 5) is 7.04. The third-order valence-electron chi connectivity index (χ3n) is 6.36. The summed E-state index contributed by atoms with van der Waals surface area (Å²) in [6.45, 7) is 8.05. The van der Waals surface area contributed by atoms with E-state index in [1.807, 2.05) is 37.4 Å². The van der Waals surface area contributed by atoms with Crippen molar-refractivity contribution in [2.75, 3.05) is 39.9 Å². The van der Waals surface area contributed by atoms with E-state index in [0.717, 1.165) is 68.1 Å². The number of likely N-dealkylation sites (tertiary alicyclic amines) is 1. The van der Waals surface area contributed by atoms with Crippen LogP contribution < -0.4 is 15.4 Å². The predicted molar refractivity (Wildman–Crippen MR) is 129 cm³/mol. The summed E-state index contributed by atoms with van der Waals surface area (Å²) in [5.74, 6) is 3.28. The molecule has 4 rings (SSSR count). The number of rotatable bonds is 7. The molecule has 2 N–H and O–H groups in total. The molecule has 2 fully saturated rings. The van der Waals surface area contributed by atoms with Crippen molar-refractivity contribution < 1.29 is 9.47 Å². The van der Waals surface area contributed by atoms with Gasteiger partial charge in [0.2, 0.25) is 0 Å². The number of aryl methyl sites for hydroxylation is 1. The fourth-order valence-electron chi connectivity index (χ4n) is 4.40. The van der Waals surface area contributed by atoms with Crippen molar-refractivity contribution in [2.24, 2.45) is 10.9 Å². The first-order chi connectivity index (χ1) is 15.7. The number of hydrogen-bond acceptors (Lipinski definition) is 4. The fraction of sp³-hybridized carbons (Fsp3) is 0.500. The monoisotopic (exact) mass is 436 g/mol. The van der Waals surface area contributed by atoms with Crippen molar-refractivity contribution >= 4 is 5.96 Å². The molecule has 2 saturated heterocycles. The molecule has 0 amide bonds. The van der Waals surface area contributed by atoms with Gasteiger partial charge in [0.05, 0.1) is 6.61 Å². The number of piperidine rings is 1. The molecule has 2 aliphatic rings. The smallest absolute Gasteiger partial charge is 0.191 e. The summed E-state index contributed by atoms with van der Waals surface area (Å²) in [6.07, 6.45) is 3.49. The van der Waals surface area contributed by atoms with Crippen LogP contribution in [0.3, 0.4) is 0 Å². The predicted octanol–water partition coefficient (Wildman–Crippen LogP) is 3.95. The molecule has 6 heteroatoms. The van der Waals surface area contributed by atoms with Crippen molar-refractivity contribution in [3.63, 3.8) is 0 Å². The van der Waals surface area contributed by atoms with Crippen LogP contribution in [0.4, 0.5) is 0 Å². The minimum Gasteiger partial charge on any atom is -0.457 e. The molecular weight excluding hydrogens is 400 g/mol.